The Labute approximate surface area is 166 Å². The average molecular weight is 402 g/mol. The molecule has 0 bridgehead atoms. The Morgan fingerprint density at radius 2 is 1.96 bits per heavy atom. The van der Waals surface area contributed by atoms with Gasteiger partial charge in [-0.1, -0.05) is 25.2 Å². The summed E-state index contributed by atoms with van der Waals surface area (Å²) in [5.74, 6) is -0.678. The largest absolute Gasteiger partial charge is 0.385 e. The van der Waals surface area contributed by atoms with E-state index in [1.165, 1.54) is 34.4 Å². The Morgan fingerprint density at radius 1 is 1.21 bits per heavy atom. The molecular formula is C19H22N4O4S. The summed E-state index contributed by atoms with van der Waals surface area (Å²) >= 11 is 1.33. The molecule has 0 saturated heterocycles. The van der Waals surface area contributed by atoms with Gasteiger partial charge in [-0.2, -0.15) is 0 Å². The van der Waals surface area contributed by atoms with Crippen molar-refractivity contribution < 1.29 is 19.1 Å². The van der Waals surface area contributed by atoms with E-state index in [0.29, 0.717) is 35.2 Å². The summed E-state index contributed by atoms with van der Waals surface area (Å²) in [7, 11) is 1.57. The molecule has 28 heavy (non-hydrogen) atoms. The van der Waals surface area contributed by atoms with Gasteiger partial charge >= 0.3 is 0 Å². The topological polar surface area (TPSA) is 101 Å². The fourth-order valence-corrected chi connectivity index (χ4v) is 3.85. The van der Waals surface area contributed by atoms with Gasteiger partial charge in [0.05, 0.1) is 11.1 Å². The van der Waals surface area contributed by atoms with E-state index in [1.807, 2.05) is 0 Å². The molecule has 0 saturated carbocycles. The Kier molecular flexibility index (Phi) is 6.15. The lowest BCUT2D eigenvalue weighted by Crippen LogP contribution is -2.31. The van der Waals surface area contributed by atoms with Crippen LogP contribution >= 0.6 is 11.3 Å². The van der Waals surface area contributed by atoms with Gasteiger partial charge in [0.15, 0.2) is 0 Å². The third-order valence-electron chi connectivity index (χ3n) is 4.23. The molecule has 0 unspecified atom stereocenters. The number of benzene rings is 1. The quantitative estimate of drug-likeness (QED) is 0.538. The van der Waals surface area contributed by atoms with Gasteiger partial charge in [-0.25, -0.2) is 0 Å². The lowest BCUT2D eigenvalue weighted by atomic mass is 10.1. The van der Waals surface area contributed by atoms with Crippen molar-refractivity contribution in [2.24, 2.45) is 5.92 Å². The summed E-state index contributed by atoms with van der Waals surface area (Å²) in [6.45, 7) is 4.91. The maximum atomic E-state index is 12.6. The number of carbonyl (C=O) groups is 3. The summed E-state index contributed by atoms with van der Waals surface area (Å²) in [4.78, 5) is 38.7. The Hall–Kier alpha value is -2.65. The van der Waals surface area contributed by atoms with Crippen LogP contribution in [-0.4, -0.2) is 53.1 Å². The number of hydrogen-bond donors (Lipinski definition) is 1. The van der Waals surface area contributed by atoms with Crippen LogP contribution < -0.4 is 5.32 Å². The van der Waals surface area contributed by atoms with E-state index in [0.717, 1.165) is 11.4 Å². The molecule has 8 nitrogen and oxygen atoms in total. The average Bonchev–Trinajstić information content (AvgIpc) is 3.18. The highest BCUT2D eigenvalue weighted by atomic mass is 32.1. The van der Waals surface area contributed by atoms with Crippen LogP contribution in [0.3, 0.4) is 0 Å². The van der Waals surface area contributed by atoms with Crippen molar-refractivity contribution in [1.82, 2.24) is 15.1 Å². The number of aromatic nitrogens is 2. The van der Waals surface area contributed by atoms with Crippen molar-refractivity contribution in [1.29, 1.82) is 0 Å². The van der Waals surface area contributed by atoms with Crippen LogP contribution in [0.5, 0.6) is 0 Å². The zero-order valence-electron chi connectivity index (χ0n) is 16.0. The lowest BCUT2D eigenvalue weighted by Gasteiger charge is -2.12. The molecule has 0 aliphatic carbocycles. The number of ether oxygens (including phenoxy) is 1. The summed E-state index contributed by atoms with van der Waals surface area (Å²) < 4.78 is 4.97. The first-order valence-corrected chi connectivity index (χ1v) is 9.85. The van der Waals surface area contributed by atoms with Crippen LogP contribution in [0.2, 0.25) is 0 Å². The van der Waals surface area contributed by atoms with Crippen LogP contribution in [0.15, 0.2) is 18.2 Å². The fourth-order valence-electron chi connectivity index (χ4n) is 2.91. The molecule has 1 aliphatic heterocycles. The monoisotopic (exact) mass is 402 g/mol. The molecule has 3 rings (SSSR count). The van der Waals surface area contributed by atoms with E-state index in [1.54, 1.807) is 7.11 Å². The van der Waals surface area contributed by atoms with Gasteiger partial charge in [0.1, 0.15) is 5.01 Å². The molecule has 148 valence electrons. The van der Waals surface area contributed by atoms with E-state index in [9.17, 15) is 14.4 Å². The smallest absolute Gasteiger partial charge is 0.261 e. The minimum atomic E-state index is -0.395. The second-order valence-corrected chi connectivity index (χ2v) is 7.98. The van der Waals surface area contributed by atoms with Gasteiger partial charge in [0.25, 0.3) is 17.7 Å². The van der Waals surface area contributed by atoms with Gasteiger partial charge < -0.3 is 4.74 Å². The van der Waals surface area contributed by atoms with Crippen molar-refractivity contribution in [2.45, 2.75) is 26.7 Å². The molecular weight excluding hydrogens is 380 g/mol. The second-order valence-electron chi connectivity index (χ2n) is 6.92. The molecule has 0 atom stereocenters. The molecule has 0 radical (unpaired) electrons. The van der Waals surface area contributed by atoms with E-state index >= 15 is 0 Å². The molecule has 2 heterocycles. The van der Waals surface area contributed by atoms with Crippen molar-refractivity contribution in [3.05, 3.63) is 39.9 Å². The predicted octanol–water partition coefficient (Wildman–Crippen LogP) is 2.62. The van der Waals surface area contributed by atoms with Gasteiger partial charge in [-0.05, 0) is 30.5 Å². The number of methoxy groups -OCH3 is 1. The van der Waals surface area contributed by atoms with Crippen LogP contribution in [0, 0.1) is 5.92 Å². The zero-order valence-corrected chi connectivity index (χ0v) is 16.8. The standard InChI is InChI=1S/C19H22N4O4S/c1-11(2)9-15-21-22-19(28-15)20-16(24)12-5-6-13-14(10-12)18(26)23(17(13)25)7-4-8-27-3/h5-6,10-11H,4,7-9H2,1-3H3,(H,20,22,24). The van der Waals surface area contributed by atoms with E-state index in [-0.39, 0.29) is 23.9 Å². The van der Waals surface area contributed by atoms with Crippen LogP contribution in [0.1, 0.15) is 56.3 Å². The van der Waals surface area contributed by atoms with Crippen molar-refractivity contribution in [2.75, 3.05) is 25.6 Å². The molecule has 1 aliphatic rings. The SMILES string of the molecule is COCCCN1C(=O)c2ccc(C(=O)Nc3nnc(CC(C)C)s3)cc2C1=O. The number of amides is 3. The van der Waals surface area contributed by atoms with Gasteiger partial charge in [0.2, 0.25) is 5.13 Å². The Balaban J connectivity index is 1.72. The first kappa shape index (κ1) is 20.1. The van der Waals surface area contributed by atoms with Crippen LogP contribution in [-0.2, 0) is 11.2 Å². The molecule has 0 spiro atoms. The Morgan fingerprint density at radius 3 is 2.68 bits per heavy atom. The first-order valence-electron chi connectivity index (χ1n) is 9.03. The molecule has 3 amide bonds. The molecule has 1 aromatic heterocycles. The van der Waals surface area contributed by atoms with Crippen molar-refractivity contribution in [3.63, 3.8) is 0 Å². The number of nitrogens with zero attached hydrogens (tertiary/aromatic N) is 3. The van der Waals surface area contributed by atoms with E-state index in [2.05, 4.69) is 29.4 Å². The number of imide groups is 1. The molecule has 1 N–H and O–H groups in total. The van der Waals surface area contributed by atoms with Crippen molar-refractivity contribution in [3.8, 4) is 0 Å². The van der Waals surface area contributed by atoms with Crippen LogP contribution in [0.4, 0.5) is 5.13 Å². The minimum absolute atomic E-state index is 0.243. The highest BCUT2D eigenvalue weighted by Crippen LogP contribution is 2.25. The van der Waals surface area contributed by atoms with Crippen molar-refractivity contribution >= 4 is 34.2 Å². The summed E-state index contributed by atoms with van der Waals surface area (Å²) in [5.41, 5.74) is 0.848. The number of hydrogen-bond acceptors (Lipinski definition) is 7. The van der Waals surface area contributed by atoms with Crippen LogP contribution in [0.25, 0.3) is 0 Å². The molecule has 1 aromatic carbocycles. The number of rotatable bonds is 8. The van der Waals surface area contributed by atoms with Gasteiger partial charge in [0, 0.05) is 32.2 Å². The fraction of sp³-hybridized carbons (Fsp3) is 0.421. The number of fused-ring (bicyclic) bond motifs is 1. The highest BCUT2D eigenvalue weighted by molar-refractivity contribution is 7.15. The zero-order chi connectivity index (χ0) is 20.3. The second kappa shape index (κ2) is 8.57. The maximum absolute atomic E-state index is 12.6. The maximum Gasteiger partial charge on any atom is 0.261 e. The van der Waals surface area contributed by atoms with E-state index < -0.39 is 5.91 Å². The number of anilines is 1. The predicted molar refractivity (Wildman–Crippen MR) is 105 cm³/mol. The highest BCUT2D eigenvalue weighted by Gasteiger charge is 2.35. The summed E-state index contributed by atoms with van der Waals surface area (Å²) in [6, 6.07) is 4.51. The molecule has 2 aromatic rings. The van der Waals surface area contributed by atoms with E-state index in [4.69, 9.17) is 4.74 Å². The van der Waals surface area contributed by atoms with Gasteiger partial charge in [-0.15, -0.1) is 10.2 Å². The summed E-state index contributed by atoms with van der Waals surface area (Å²) in [6.07, 6.45) is 1.35. The number of carbonyl (C=O) groups excluding carboxylic acids is 3. The molecule has 9 heteroatoms. The van der Waals surface area contributed by atoms with Gasteiger partial charge in [-0.3, -0.25) is 24.6 Å². The normalized spacial score (nSPS) is 13.4. The number of nitrogens with one attached hydrogen (secondary N) is 1. The summed E-state index contributed by atoms with van der Waals surface area (Å²) in [5, 5.41) is 12.0. The lowest BCUT2D eigenvalue weighted by molar-refractivity contribution is 0.0638. The minimum Gasteiger partial charge on any atom is -0.385 e. The third-order valence-corrected chi connectivity index (χ3v) is 5.09. The third kappa shape index (κ3) is 4.26. The first-order chi connectivity index (χ1) is 13.4. The molecule has 0 fully saturated rings. The Bertz CT molecular complexity index is 909.